The number of carbonyl (C=O) groups excluding carboxylic acids is 5. The minimum Gasteiger partial charge on any atom is -0.463 e. The first kappa shape index (κ1) is 68.9. The zero-order chi connectivity index (χ0) is 59.3. The van der Waals surface area contributed by atoms with E-state index in [0.717, 1.165) is 79.1 Å². The normalized spacial score (nSPS) is 34.8. The highest BCUT2D eigenvalue weighted by molar-refractivity contribution is 7.80. The first-order valence-electron chi connectivity index (χ1n) is 27.3. The Labute approximate surface area is 465 Å². The standard InChI is InChI=1S/C50H86N4O25S/c1-6-7-8-9-10-11-12-13-14-15-16-17-18-19-20-21-34(61)54-36-40(63)39(62)32(24-71-29(5)60)76-48(36)77-44-30(22-55)74-49(37(42(44)65)52-27(3)58)78-45-31(23-56)75-50(38(43(45)66)53-28(4)59)79-46-33(25-72-80(68,69)70)73-47(67)35(41(46)64)51-26(2)57/h11-12,30-33,35-50,55-56,62-67H,6-10,13-25H2,1-5H3,(H,51,57)(H,52,58)(H,53,59)(H,54,61)(H,68,69,70)/b12-11-/t30?,31?,32?,33?,35?,36?,37?,38?,39-,40?,41?,42?,43?,44-,45-,46-,47-,48+,49+,50+/m1/s1. The van der Waals surface area contributed by atoms with Crippen LogP contribution in [0.5, 0.6) is 0 Å². The molecule has 462 valence electrons. The van der Waals surface area contributed by atoms with Gasteiger partial charge in [0, 0.05) is 34.1 Å². The number of aliphatic hydroxyl groups is 8. The minimum absolute atomic E-state index is 0.0118. The van der Waals surface area contributed by atoms with E-state index >= 15 is 0 Å². The van der Waals surface area contributed by atoms with Crippen molar-refractivity contribution >= 4 is 40.0 Å². The molecule has 0 spiro atoms. The second-order valence-electron chi connectivity index (χ2n) is 20.4. The fourth-order valence-electron chi connectivity index (χ4n) is 9.88. The Morgan fingerprint density at radius 1 is 0.500 bits per heavy atom. The van der Waals surface area contributed by atoms with Gasteiger partial charge in [-0.3, -0.25) is 28.5 Å². The lowest BCUT2D eigenvalue weighted by molar-refractivity contribution is -0.361. The molecule has 29 nitrogen and oxygen atoms in total. The third kappa shape index (κ3) is 21.5. The maximum atomic E-state index is 13.4. The molecule has 0 saturated carbocycles. The van der Waals surface area contributed by atoms with Crippen molar-refractivity contribution in [2.45, 2.75) is 247 Å². The molecule has 4 aliphatic rings. The number of hydrogen-bond donors (Lipinski definition) is 13. The summed E-state index contributed by atoms with van der Waals surface area (Å²) in [6.07, 6.45) is -11.3. The van der Waals surface area contributed by atoms with Gasteiger partial charge in [-0.05, 0) is 32.1 Å². The average Bonchev–Trinajstić information content (AvgIpc) is 3.38. The Bertz CT molecular complexity index is 2060. The molecule has 0 aromatic rings. The highest BCUT2D eigenvalue weighted by atomic mass is 32.3. The van der Waals surface area contributed by atoms with E-state index in [0.29, 0.717) is 6.42 Å². The minimum atomic E-state index is -5.16. The lowest BCUT2D eigenvalue weighted by Crippen LogP contribution is -2.71. The van der Waals surface area contributed by atoms with E-state index in [9.17, 15) is 77.8 Å². The first-order chi connectivity index (χ1) is 37.9. The van der Waals surface area contributed by atoms with Crippen LogP contribution < -0.4 is 21.3 Å². The van der Waals surface area contributed by atoms with Crippen molar-refractivity contribution in [2.24, 2.45) is 0 Å². The molecule has 0 aromatic carbocycles. The number of aliphatic hydroxyl groups excluding tert-OH is 8. The van der Waals surface area contributed by atoms with Crippen LogP contribution in [0, 0.1) is 0 Å². The van der Waals surface area contributed by atoms with E-state index in [1.165, 1.54) is 25.7 Å². The zero-order valence-corrected chi connectivity index (χ0v) is 46.7. The van der Waals surface area contributed by atoms with Crippen molar-refractivity contribution in [1.29, 1.82) is 0 Å². The summed E-state index contributed by atoms with van der Waals surface area (Å²) >= 11 is 0. The molecule has 0 bridgehead atoms. The van der Waals surface area contributed by atoms with Crippen LogP contribution in [0.2, 0.25) is 0 Å². The molecule has 4 heterocycles. The lowest BCUT2D eigenvalue weighted by atomic mass is 9.93. The second-order valence-corrected chi connectivity index (χ2v) is 21.5. The molecule has 4 amide bonds. The van der Waals surface area contributed by atoms with Gasteiger partial charge in [0.05, 0.1) is 19.8 Å². The number of hydrogen-bond acceptors (Lipinski definition) is 24. The summed E-state index contributed by atoms with van der Waals surface area (Å²) in [5.41, 5.74) is 0. The predicted octanol–water partition coefficient (Wildman–Crippen LogP) is -2.76. The van der Waals surface area contributed by atoms with Gasteiger partial charge >= 0.3 is 16.4 Å². The van der Waals surface area contributed by atoms with E-state index < -0.39 is 189 Å². The monoisotopic (exact) mass is 1170 g/mol. The van der Waals surface area contributed by atoms with Gasteiger partial charge in [-0.1, -0.05) is 70.4 Å². The summed E-state index contributed by atoms with van der Waals surface area (Å²) in [5.74, 6) is -3.71. The number of ether oxygens (including phenoxy) is 8. The maximum absolute atomic E-state index is 13.4. The number of nitrogens with one attached hydrogen (secondary N) is 4. The Morgan fingerprint density at radius 3 is 1.36 bits per heavy atom. The predicted molar refractivity (Wildman–Crippen MR) is 274 cm³/mol. The number of allylic oxidation sites excluding steroid dienone is 2. The summed E-state index contributed by atoms with van der Waals surface area (Å²) in [7, 11) is -5.16. The zero-order valence-electron chi connectivity index (χ0n) is 45.9. The molecule has 30 heteroatoms. The highest BCUT2D eigenvalue weighted by Gasteiger charge is 2.56. The van der Waals surface area contributed by atoms with Crippen LogP contribution in [0.3, 0.4) is 0 Å². The van der Waals surface area contributed by atoms with Crippen LogP contribution in [0.15, 0.2) is 12.2 Å². The number of esters is 1. The Balaban J connectivity index is 1.51. The van der Waals surface area contributed by atoms with Crippen LogP contribution >= 0.6 is 0 Å². The highest BCUT2D eigenvalue weighted by Crippen LogP contribution is 2.35. The van der Waals surface area contributed by atoms with E-state index in [1.54, 1.807) is 0 Å². The van der Waals surface area contributed by atoms with E-state index in [-0.39, 0.29) is 6.42 Å². The van der Waals surface area contributed by atoms with Crippen molar-refractivity contribution < 1.29 is 120 Å². The van der Waals surface area contributed by atoms with Crippen LogP contribution in [-0.2, 0) is 76.4 Å². The fraction of sp³-hybridized carbons (Fsp3) is 0.860. The maximum Gasteiger partial charge on any atom is 0.397 e. The molecule has 4 saturated heterocycles. The Kier molecular flexibility index (Phi) is 29.4. The SMILES string of the molecule is CCCCCC/C=C\CCCCCCCCCC(=O)NC1C(O)[C@H](O)C(COC(C)=O)O[C@H]1O[C@@H]1C(CO)O[C@@H](O[C@@H]2C(CO)O[C@@H](O[C@@H]3C(COS(=O)(=O)O)O[C@@H](O)C(NC(C)=O)C3O)C(NC(C)=O)C2O)C(NC(C)=O)C1O. The number of unbranched alkanes of at least 4 members (excludes halogenated alkanes) is 11. The molecule has 0 radical (unpaired) electrons. The molecule has 4 rings (SSSR count). The number of amides is 4. The molecule has 4 aliphatic heterocycles. The van der Waals surface area contributed by atoms with Gasteiger partial charge in [-0.25, -0.2) is 4.18 Å². The van der Waals surface area contributed by atoms with Gasteiger partial charge in [0.15, 0.2) is 25.2 Å². The average molecular weight is 1180 g/mol. The van der Waals surface area contributed by atoms with Gasteiger partial charge in [0.2, 0.25) is 23.6 Å². The van der Waals surface area contributed by atoms with Crippen molar-refractivity contribution in [3.05, 3.63) is 12.2 Å². The molecule has 20 atom stereocenters. The van der Waals surface area contributed by atoms with Crippen molar-refractivity contribution in [1.82, 2.24) is 21.3 Å². The largest absolute Gasteiger partial charge is 0.463 e. The van der Waals surface area contributed by atoms with Crippen LogP contribution in [0.25, 0.3) is 0 Å². The molecule has 80 heavy (non-hydrogen) atoms. The van der Waals surface area contributed by atoms with E-state index in [4.69, 9.17) is 37.9 Å². The lowest BCUT2D eigenvalue weighted by Gasteiger charge is -2.51. The summed E-state index contributed by atoms with van der Waals surface area (Å²) in [4.78, 5) is 62.6. The van der Waals surface area contributed by atoms with Gasteiger partial charge < -0.3 is 100 Å². The molecule has 0 aliphatic carbocycles. The smallest absolute Gasteiger partial charge is 0.397 e. The molecular formula is C50H86N4O25S. The summed E-state index contributed by atoms with van der Waals surface area (Å²) < 4.78 is 83.4. The topological polar surface area (TPSA) is 433 Å². The first-order valence-corrected chi connectivity index (χ1v) is 28.7. The molecular weight excluding hydrogens is 1090 g/mol. The quantitative estimate of drug-likeness (QED) is 0.0140. The van der Waals surface area contributed by atoms with Gasteiger partial charge in [0.1, 0.15) is 104 Å². The van der Waals surface area contributed by atoms with Gasteiger partial charge in [0.25, 0.3) is 0 Å². The van der Waals surface area contributed by atoms with Gasteiger partial charge in [-0.15, -0.1) is 0 Å². The van der Waals surface area contributed by atoms with Crippen molar-refractivity contribution in [3.8, 4) is 0 Å². The molecule has 12 unspecified atom stereocenters. The third-order valence-corrected chi connectivity index (χ3v) is 14.3. The van der Waals surface area contributed by atoms with Crippen molar-refractivity contribution in [2.75, 3.05) is 26.4 Å². The van der Waals surface area contributed by atoms with E-state index in [2.05, 4.69) is 44.5 Å². The van der Waals surface area contributed by atoms with E-state index in [1.807, 2.05) is 0 Å². The van der Waals surface area contributed by atoms with Crippen LogP contribution in [0.4, 0.5) is 0 Å². The summed E-state index contributed by atoms with van der Waals surface area (Å²) in [6, 6.07) is -6.66. The summed E-state index contributed by atoms with van der Waals surface area (Å²) in [6.45, 7) is 2.69. The molecule has 4 fully saturated rings. The van der Waals surface area contributed by atoms with Gasteiger partial charge in [-0.2, -0.15) is 8.42 Å². The molecule has 13 N–H and O–H groups in total. The van der Waals surface area contributed by atoms with Crippen molar-refractivity contribution in [3.63, 3.8) is 0 Å². The van der Waals surface area contributed by atoms with Crippen LogP contribution in [-0.4, -0.2) is 232 Å². The Hall–Kier alpha value is -3.64. The summed E-state index contributed by atoms with van der Waals surface area (Å²) in [5, 5.41) is 99.6. The number of carbonyl (C=O) groups is 5. The fourth-order valence-corrected chi connectivity index (χ4v) is 10.2. The molecule has 0 aromatic heterocycles. The number of rotatable bonds is 32. The van der Waals surface area contributed by atoms with Crippen LogP contribution in [0.1, 0.15) is 125 Å². The third-order valence-electron chi connectivity index (χ3n) is 13.9. The Morgan fingerprint density at radius 2 is 0.912 bits per heavy atom. The second kappa shape index (κ2) is 34.2.